The molecule has 0 aliphatic heterocycles. The minimum absolute atomic E-state index is 0.0316. The molecule has 0 fully saturated rings. The number of benzene rings is 2. The van der Waals surface area contributed by atoms with Crippen molar-refractivity contribution in [3.63, 3.8) is 0 Å². The van der Waals surface area contributed by atoms with Gasteiger partial charge in [-0.05, 0) is 40.5 Å². The second-order valence-corrected chi connectivity index (χ2v) is 12.0. The maximum Gasteiger partial charge on any atom is 0.155 e. The van der Waals surface area contributed by atoms with Crippen molar-refractivity contribution in [2.24, 2.45) is 0 Å². The molecule has 3 heteroatoms. The van der Waals surface area contributed by atoms with Crippen molar-refractivity contribution in [2.45, 2.75) is 45.5 Å². The van der Waals surface area contributed by atoms with E-state index < -0.39 is 7.14 Å². The Balaban J connectivity index is 2.13. The molecule has 0 spiro atoms. The highest BCUT2D eigenvalue weighted by Crippen LogP contribution is 2.52. The molecular formula is C24H31OPS. The molecule has 27 heavy (non-hydrogen) atoms. The van der Waals surface area contributed by atoms with Crippen LogP contribution in [0.3, 0.4) is 0 Å². The Morgan fingerprint density at radius 3 is 1.93 bits per heavy atom. The summed E-state index contributed by atoms with van der Waals surface area (Å²) in [5, 5.41) is 1.89. The van der Waals surface area contributed by atoms with Crippen molar-refractivity contribution in [2.75, 3.05) is 5.75 Å². The third-order valence-electron chi connectivity index (χ3n) is 4.65. The summed E-state index contributed by atoms with van der Waals surface area (Å²) in [5.41, 5.74) is 2.78. The SMILES string of the molecule is CC(C)=CCC/C(C)=C/CSC(C)P(=O)(c1ccccc1)c1ccccc1. The monoisotopic (exact) mass is 398 g/mol. The lowest BCUT2D eigenvalue weighted by Crippen LogP contribution is -2.22. The molecule has 0 amide bonds. The van der Waals surface area contributed by atoms with Crippen LogP contribution >= 0.6 is 18.9 Å². The van der Waals surface area contributed by atoms with Gasteiger partial charge in [-0.25, -0.2) is 0 Å². The zero-order chi connectivity index (χ0) is 19.7. The Morgan fingerprint density at radius 2 is 1.44 bits per heavy atom. The normalized spacial score (nSPS) is 13.3. The van der Waals surface area contributed by atoms with Gasteiger partial charge in [-0.3, -0.25) is 0 Å². The molecule has 0 saturated heterocycles. The van der Waals surface area contributed by atoms with E-state index in [9.17, 15) is 4.57 Å². The Morgan fingerprint density at radius 1 is 0.926 bits per heavy atom. The largest absolute Gasteiger partial charge is 0.312 e. The Kier molecular flexibility index (Phi) is 8.67. The standard InChI is InChI=1S/C24H31OPS/c1-20(2)12-11-13-21(3)18-19-27-22(4)26(25,23-14-7-5-8-15-23)24-16-9-6-10-17-24/h5-10,12,14-18,22H,11,13,19H2,1-4H3/b21-18+. The maximum atomic E-state index is 14.2. The highest BCUT2D eigenvalue weighted by atomic mass is 32.2. The Hall–Kier alpha value is -1.50. The van der Waals surface area contributed by atoms with Crippen LogP contribution in [0, 0.1) is 0 Å². The lowest BCUT2D eigenvalue weighted by atomic mass is 10.1. The van der Waals surface area contributed by atoms with E-state index >= 15 is 0 Å². The third-order valence-corrected chi connectivity index (χ3v) is 9.99. The van der Waals surface area contributed by atoms with Crippen molar-refractivity contribution >= 4 is 29.5 Å². The predicted molar refractivity (Wildman–Crippen MR) is 124 cm³/mol. The molecular weight excluding hydrogens is 367 g/mol. The molecule has 1 unspecified atom stereocenters. The summed E-state index contributed by atoms with van der Waals surface area (Å²) >= 11 is 1.79. The molecule has 2 rings (SSSR count). The summed E-state index contributed by atoms with van der Waals surface area (Å²) in [6, 6.07) is 19.9. The molecule has 2 aromatic carbocycles. The average molecular weight is 399 g/mol. The first kappa shape index (κ1) is 21.8. The van der Waals surface area contributed by atoms with Gasteiger partial charge in [-0.1, -0.05) is 84.0 Å². The molecule has 0 saturated carbocycles. The van der Waals surface area contributed by atoms with E-state index in [4.69, 9.17) is 0 Å². The maximum absolute atomic E-state index is 14.2. The first-order chi connectivity index (χ1) is 12.9. The molecule has 0 heterocycles. The van der Waals surface area contributed by atoms with E-state index in [1.807, 2.05) is 60.7 Å². The Labute approximate surface area is 169 Å². The van der Waals surface area contributed by atoms with Gasteiger partial charge >= 0.3 is 0 Å². The van der Waals surface area contributed by atoms with E-state index in [1.165, 1.54) is 11.1 Å². The van der Waals surface area contributed by atoms with Crippen LogP contribution in [0.4, 0.5) is 0 Å². The van der Waals surface area contributed by atoms with E-state index in [1.54, 1.807) is 11.8 Å². The average Bonchev–Trinajstić information content (AvgIpc) is 2.68. The van der Waals surface area contributed by atoms with Gasteiger partial charge in [0.25, 0.3) is 0 Å². The van der Waals surface area contributed by atoms with Crippen LogP contribution in [0.15, 0.2) is 84.0 Å². The molecule has 0 N–H and O–H groups in total. The molecule has 144 valence electrons. The number of hydrogen-bond acceptors (Lipinski definition) is 2. The molecule has 2 aromatic rings. The first-order valence-electron chi connectivity index (χ1n) is 9.56. The quantitative estimate of drug-likeness (QED) is 0.342. The molecule has 0 aromatic heterocycles. The van der Waals surface area contributed by atoms with E-state index in [0.717, 1.165) is 29.2 Å². The van der Waals surface area contributed by atoms with Crippen LogP contribution in [-0.4, -0.2) is 10.7 Å². The van der Waals surface area contributed by atoms with Crippen molar-refractivity contribution < 1.29 is 4.57 Å². The molecule has 1 atom stereocenters. The number of rotatable bonds is 9. The summed E-state index contributed by atoms with van der Waals surface area (Å²) < 4.78 is 14.2. The van der Waals surface area contributed by atoms with Gasteiger partial charge in [0, 0.05) is 16.4 Å². The number of allylic oxidation sites excluding steroid dienone is 3. The fourth-order valence-corrected chi connectivity index (χ4v) is 7.85. The summed E-state index contributed by atoms with van der Waals surface area (Å²) in [7, 11) is -2.69. The van der Waals surface area contributed by atoms with Crippen LogP contribution in [0.1, 0.15) is 40.5 Å². The van der Waals surface area contributed by atoms with E-state index in [-0.39, 0.29) is 4.99 Å². The molecule has 0 aliphatic carbocycles. The second kappa shape index (κ2) is 10.7. The van der Waals surface area contributed by atoms with Gasteiger partial charge in [0.2, 0.25) is 0 Å². The predicted octanol–water partition coefficient (Wildman–Crippen LogP) is 6.77. The highest BCUT2D eigenvalue weighted by Gasteiger charge is 2.33. The highest BCUT2D eigenvalue weighted by molar-refractivity contribution is 8.08. The molecule has 0 bridgehead atoms. The van der Waals surface area contributed by atoms with Gasteiger partial charge in [-0.2, -0.15) is 0 Å². The minimum Gasteiger partial charge on any atom is -0.312 e. The Bertz CT molecular complexity index is 761. The van der Waals surface area contributed by atoms with Crippen LogP contribution in [-0.2, 0) is 4.57 Å². The van der Waals surface area contributed by atoms with Crippen LogP contribution < -0.4 is 10.6 Å². The minimum atomic E-state index is -2.69. The third kappa shape index (κ3) is 6.26. The lowest BCUT2D eigenvalue weighted by molar-refractivity contribution is 0.586. The zero-order valence-electron chi connectivity index (χ0n) is 16.9. The summed E-state index contributed by atoms with van der Waals surface area (Å²) in [4.78, 5) is 0.0316. The molecule has 0 aliphatic rings. The summed E-state index contributed by atoms with van der Waals surface area (Å²) in [6.07, 6.45) is 6.76. The lowest BCUT2D eigenvalue weighted by Gasteiger charge is -2.25. The summed E-state index contributed by atoms with van der Waals surface area (Å²) in [5.74, 6) is 0.894. The van der Waals surface area contributed by atoms with Gasteiger partial charge < -0.3 is 4.57 Å². The zero-order valence-corrected chi connectivity index (χ0v) is 18.6. The van der Waals surface area contributed by atoms with Crippen LogP contribution in [0.25, 0.3) is 0 Å². The number of thioether (sulfide) groups is 1. The second-order valence-electron chi connectivity index (χ2n) is 7.13. The van der Waals surface area contributed by atoms with Gasteiger partial charge in [0.1, 0.15) is 0 Å². The van der Waals surface area contributed by atoms with Crippen molar-refractivity contribution in [3.05, 3.63) is 84.0 Å². The fraction of sp³-hybridized carbons (Fsp3) is 0.333. The van der Waals surface area contributed by atoms with Crippen molar-refractivity contribution in [3.8, 4) is 0 Å². The molecule has 1 nitrogen and oxygen atoms in total. The smallest absolute Gasteiger partial charge is 0.155 e. The van der Waals surface area contributed by atoms with Gasteiger partial charge in [0.15, 0.2) is 7.14 Å². The van der Waals surface area contributed by atoms with Gasteiger partial charge in [0.05, 0.1) is 4.99 Å². The van der Waals surface area contributed by atoms with Crippen molar-refractivity contribution in [1.82, 2.24) is 0 Å². The first-order valence-corrected chi connectivity index (χ1v) is 12.4. The van der Waals surface area contributed by atoms with E-state index in [2.05, 4.69) is 39.8 Å². The van der Waals surface area contributed by atoms with Gasteiger partial charge in [-0.15, -0.1) is 11.8 Å². The van der Waals surface area contributed by atoms with Crippen LogP contribution in [0.5, 0.6) is 0 Å². The topological polar surface area (TPSA) is 17.1 Å². The van der Waals surface area contributed by atoms with Crippen LogP contribution in [0.2, 0.25) is 0 Å². The van der Waals surface area contributed by atoms with Crippen molar-refractivity contribution in [1.29, 1.82) is 0 Å². The van der Waals surface area contributed by atoms with E-state index in [0.29, 0.717) is 0 Å². The fourth-order valence-electron chi connectivity index (χ4n) is 2.99. The molecule has 0 radical (unpaired) electrons. The summed E-state index contributed by atoms with van der Waals surface area (Å²) in [6.45, 7) is 8.58. The number of hydrogen-bond donors (Lipinski definition) is 0.